The van der Waals surface area contributed by atoms with Gasteiger partial charge in [0, 0.05) is 24.9 Å². The number of carbonyl (C=O) groups excluding carboxylic acids is 3. The van der Waals surface area contributed by atoms with E-state index in [1.807, 2.05) is 32.0 Å². The van der Waals surface area contributed by atoms with Gasteiger partial charge in [0.1, 0.15) is 5.60 Å². The standard InChI is InChI=1S/C22H32N2O4/c1-21(2,3)28-20(27)23-14-22(4,5)24-19(26)12-11-18(25)17-10-9-15-7-6-8-16(15)13-17/h9-10,13H,6-8,11-12,14H2,1-5H3,(H,23,27)(H,24,26). The van der Waals surface area contributed by atoms with Gasteiger partial charge >= 0.3 is 6.09 Å². The molecule has 1 aromatic rings. The number of alkyl carbamates (subject to hydrolysis) is 1. The van der Waals surface area contributed by atoms with Crippen molar-refractivity contribution < 1.29 is 19.1 Å². The molecular weight excluding hydrogens is 356 g/mol. The van der Waals surface area contributed by atoms with Crippen molar-refractivity contribution in [3.8, 4) is 0 Å². The Labute approximate surface area is 167 Å². The summed E-state index contributed by atoms with van der Waals surface area (Å²) in [6, 6.07) is 5.86. The van der Waals surface area contributed by atoms with Crippen molar-refractivity contribution in [1.82, 2.24) is 10.6 Å². The molecule has 0 bridgehead atoms. The summed E-state index contributed by atoms with van der Waals surface area (Å²) in [5.41, 5.74) is 2.04. The van der Waals surface area contributed by atoms with Gasteiger partial charge in [0.15, 0.2) is 5.78 Å². The summed E-state index contributed by atoms with van der Waals surface area (Å²) in [5, 5.41) is 5.52. The number of ether oxygens (including phenoxy) is 1. The maximum Gasteiger partial charge on any atom is 0.407 e. The average Bonchev–Trinajstić information content (AvgIpc) is 3.03. The van der Waals surface area contributed by atoms with E-state index in [2.05, 4.69) is 10.6 Å². The lowest BCUT2D eigenvalue weighted by molar-refractivity contribution is -0.122. The highest BCUT2D eigenvalue weighted by Gasteiger charge is 2.24. The Balaban J connectivity index is 1.77. The lowest BCUT2D eigenvalue weighted by atomic mass is 10.0. The number of aryl methyl sites for hydroxylation is 2. The molecule has 2 rings (SSSR count). The molecule has 1 aliphatic rings. The second-order valence-electron chi connectivity index (χ2n) is 9.05. The first-order chi connectivity index (χ1) is 13.0. The van der Waals surface area contributed by atoms with Crippen LogP contribution in [0.25, 0.3) is 0 Å². The van der Waals surface area contributed by atoms with E-state index in [9.17, 15) is 14.4 Å². The van der Waals surface area contributed by atoms with Gasteiger partial charge in [-0.3, -0.25) is 9.59 Å². The molecule has 6 heteroatoms. The van der Waals surface area contributed by atoms with Crippen molar-refractivity contribution in [2.24, 2.45) is 0 Å². The number of rotatable bonds is 7. The highest BCUT2D eigenvalue weighted by atomic mass is 16.6. The highest BCUT2D eigenvalue weighted by molar-refractivity contribution is 5.98. The molecule has 1 aromatic carbocycles. The maximum absolute atomic E-state index is 12.4. The minimum Gasteiger partial charge on any atom is -0.444 e. The normalized spacial score (nSPS) is 13.6. The third-order valence-corrected chi connectivity index (χ3v) is 4.55. The molecule has 0 aliphatic heterocycles. The summed E-state index contributed by atoms with van der Waals surface area (Å²) in [5.74, 6) is -0.236. The largest absolute Gasteiger partial charge is 0.444 e. The lowest BCUT2D eigenvalue weighted by Gasteiger charge is -2.27. The van der Waals surface area contributed by atoms with Crippen molar-refractivity contribution >= 4 is 17.8 Å². The fourth-order valence-electron chi connectivity index (χ4n) is 3.21. The van der Waals surface area contributed by atoms with Gasteiger partial charge in [0.25, 0.3) is 0 Å². The van der Waals surface area contributed by atoms with Crippen LogP contribution in [0.2, 0.25) is 0 Å². The molecule has 2 N–H and O–H groups in total. The molecule has 0 spiro atoms. The number of carbonyl (C=O) groups is 3. The minimum atomic E-state index is -0.648. The molecule has 0 unspecified atom stereocenters. The number of Topliss-reactive ketones (excluding diaryl/α,β-unsaturated/α-hetero) is 1. The van der Waals surface area contributed by atoms with Crippen LogP contribution < -0.4 is 10.6 Å². The number of benzene rings is 1. The van der Waals surface area contributed by atoms with Gasteiger partial charge < -0.3 is 15.4 Å². The Hall–Kier alpha value is -2.37. The zero-order valence-corrected chi connectivity index (χ0v) is 17.6. The third kappa shape index (κ3) is 6.98. The van der Waals surface area contributed by atoms with Gasteiger partial charge in [-0.25, -0.2) is 4.79 Å². The Kier molecular flexibility index (Phi) is 6.86. The molecule has 154 valence electrons. The number of amides is 2. The van der Waals surface area contributed by atoms with Crippen LogP contribution in [-0.2, 0) is 22.4 Å². The topological polar surface area (TPSA) is 84.5 Å². The molecule has 0 fully saturated rings. The number of ketones is 1. The van der Waals surface area contributed by atoms with Crippen LogP contribution in [0.1, 0.15) is 75.4 Å². The van der Waals surface area contributed by atoms with Gasteiger partial charge in [0.05, 0.1) is 5.54 Å². The fraction of sp³-hybridized carbons (Fsp3) is 0.591. The molecule has 6 nitrogen and oxygen atoms in total. The second kappa shape index (κ2) is 8.76. The van der Waals surface area contributed by atoms with Crippen molar-refractivity contribution in [3.05, 3.63) is 34.9 Å². The second-order valence-corrected chi connectivity index (χ2v) is 9.05. The van der Waals surface area contributed by atoms with Crippen LogP contribution >= 0.6 is 0 Å². The van der Waals surface area contributed by atoms with E-state index in [0.29, 0.717) is 5.56 Å². The lowest BCUT2D eigenvalue weighted by Crippen LogP contribution is -2.52. The smallest absolute Gasteiger partial charge is 0.407 e. The van der Waals surface area contributed by atoms with Crippen molar-refractivity contribution in [3.63, 3.8) is 0 Å². The first-order valence-electron chi connectivity index (χ1n) is 9.88. The monoisotopic (exact) mass is 388 g/mol. The number of hydrogen-bond donors (Lipinski definition) is 2. The van der Waals surface area contributed by atoms with E-state index in [0.717, 1.165) is 19.3 Å². The summed E-state index contributed by atoms with van der Waals surface area (Å²) >= 11 is 0. The summed E-state index contributed by atoms with van der Waals surface area (Å²) in [7, 11) is 0. The Bertz CT molecular complexity index is 747. The molecule has 0 aromatic heterocycles. The van der Waals surface area contributed by atoms with E-state index in [-0.39, 0.29) is 31.1 Å². The highest BCUT2D eigenvalue weighted by Crippen LogP contribution is 2.23. The first-order valence-corrected chi connectivity index (χ1v) is 9.88. The number of nitrogens with one attached hydrogen (secondary N) is 2. The molecule has 0 heterocycles. The fourth-order valence-corrected chi connectivity index (χ4v) is 3.21. The Morgan fingerprint density at radius 3 is 2.36 bits per heavy atom. The van der Waals surface area contributed by atoms with Gasteiger partial charge in [-0.2, -0.15) is 0 Å². The zero-order valence-electron chi connectivity index (χ0n) is 17.6. The van der Waals surface area contributed by atoms with Crippen molar-refractivity contribution in [2.45, 2.75) is 77.9 Å². The Morgan fingerprint density at radius 2 is 1.68 bits per heavy atom. The molecule has 2 amide bonds. The van der Waals surface area contributed by atoms with Crippen LogP contribution in [0, 0.1) is 0 Å². The minimum absolute atomic E-state index is 0.0189. The van der Waals surface area contributed by atoms with Crippen molar-refractivity contribution in [2.75, 3.05) is 6.54 Å². The molecular formula is C22H32N2O4. The molecule has 0 radical (unpaired) electrons. The van der Waals surface area contributed by atoms with Crippen LogP contribution in [-0.4, -0.2) is 35.5 Å². The number of hydrogen-bond acceptors (Lipinski definition) is 4. The van der Waals surface area contributed by atoms with Crippen LogP contribution in [0.5, 0.6) is 0 Å². The van der Waals surface area contributed by atoms with Crippen molar-refractivity contribution in [1.29, 1.82) is 0 Å². The molecule has 0 atom stereocenters. The summed E-state index contributed by atoms with van der Waals surface area (Å²) in [6.45, 7) is 9.22. The molecule has 28 heavy (non-hydrogen) atoms. The van der Waals surface area contributed by atoms with E-state index >= 15 is 0 Å². The summed E-state index contributed by atoms with van der Waals surface area (Å²) in [6.07, 6.45) is 3.00. The first kappa shape index (κ1) is 21.9. The van der Waals surface area contributed by atoms with E-state index < -0.39 is 17.2 Å². The zero-order chi connectivity index (χ0) is 20.9. The van der Waals surface area contributed by atoms with E-state index in [4.69, 9.17) is 4.74 Å². The maximum atomic E-state index is 12.4. The molecule has 1 aliphatic carbocycles. The van der Waals surface area contributed by atoms with E-state index in [1.165, 1.54) is 11.1 Å². The third-order valence-electron chi connectivity index (χ3n) is 4.55. The number of fused-ring (bicyclic) bond motifs is 1. The van der Waals surface area contributed by atoms with Gasteiger partial charge in [-0.05, 0) is 71.1 Å². The molecule has 0 saturated heterocycles. The van der Waals surface area contributed by atoms with Crippen LogP contribution in [0.15, 0.2) is 18.2 Å². The van der Waals surface area contributed by atoms with E-state index in [1.54, 1.807) is 20.8 Å². The molecule has 0 saturated carbocycles. The van der Waals surface area contributed by atoms with Gasteiger partial charge in [-0.1, -0.05) is 12.1 Å². The van der Waals surface area contributed by atoms with Crippen LogP contribution in [0.3, 0.4) is 0 Å². The van der Waals surface area contributed by atoms with Crippen LogP contribution in [0.4, 0.5) is 4.79 Å². The summed E-state index contributed by atoms with van der Waals surface area (Å²) < 4.78 is 5.19. The van der Waals surface area contributed by atoms with Gasteiger partial charge in [-0.15, -0.1) is 0 Å². The predicted octanol–water partition coefficient (Wildman–Crippen LogP) is 3.56. The quantitative estimate of drug-likeness (QED) is 0.700. The summed E-state index contributed by atoms with van der Waals surface area (Å²) in [4.78, 5) is 36.4. The SMILES string of the molecule is CC(C)(CNC(=O)OC(C)(C)C)NC(=O)CCC(=O)c1ccc2c(c1)CCC2. The van der Waals surface area contributed by atoms with Gasteiger partial charge in [0.2, 0.25) is 5.91 Å². The predicted molar refractivity (Wildman–Crippen MR) is 108 cm³/mol. The Morgan fingerprint density at radius 1 is 1.00 bits per heavy atom. The average molecular weight is 389 g/mol.